The van der Waals surface area contributed by atoms with Crippen molar-refractivity contribution in [2.45, 2.75) is 31.6 Å². The van der Waals surface area contributed by atoms with Gasteiger partial charge >= 0.3 is 0 Å². The van der Waals surface area contributed by atoms with E-state index in [0.717, 1.165) is 23.2 Å². The fourth-order valence-corrected chi connectivity index (χ4v) is 2.85. The topological polar surface area (TPSA) is 12.0 Å². The van der Waals surface area contributed by atoms with E-state index in [1.54, 1.807) is 0 Å². The molecule has 0 radical (unpaired) electrons. The zero-order valence-electron chi connectivity index (χ0n) is 10.3. The van der Waals surface area contributed by atoms with Crippen LogP contribution in [0.15, 0.2) is 24.3 Å². The van der Waals surface area contributed by atoms with E-state index in [4.69, 9.17) is 11.6 Å². The molecule has 0 spiro atoms. The fraction of sp³-hybridized carbons (Fsp3) is 0.571. The average molecular weight is 270 g/mol. The van der Waals surface area contributed by atoms with Gasteiger partial charge in [0.2, 0.25) is 0 Å². The Morgan fingerprint density at radius 2 is 2.06 bits per heavy atom. The molecule has 1 aromatic rings. The molecule has 94 valence electrons. The van der Waals surface area contributed by atoms with Crippen molar-refractivity contribution < 1.29 is 0 Å². The van der Waals surface area contributed by atoms with Gasteiger partial charge in [0, 0.05) is 29.1 Å². The third-order valence-corrected chi connectivity index (χ3v) is 4.51. The van der Waals surface area contributed by atoms with Crippen LogP contribution in [0.3, 0.4) is 0 Å². The van der Waals surface area contributed by atoms with Crippen LogP contribution in [0.25, 0.3) is 0 Å². The second-order valence-electron chi connectivity index (χ2n) is 4.76. The zero-order valence-corrected chi connectivity index (χ0v) is 11.9. The summed E-state index contributed by atoms with van der Waals surface area (Å²) in [5, 5.41) is 4.42. The van der Waals surface area contributed by atoms with Crippen molar-refractivity contribution in [3.8, 4) is 0 Å². The first-order valence-electron chi connectivity index (χ1n) is 6.31. The summed E-state index contributed by atoms with van der Waals surface area (Å²) in [5.41, 5.74) is 1.36. The number of nitrogens with one attached hydrogen (secondary N) is 1. The molecule has 2 rings (SSSR count). The van der Waals surface area contributed by atoms with Gasteiger partial charge < -0.3 is 5.32 Å². The number of halogens is 1. The lowest BCUT2D eigenvalue weighted by atomic mass is 10.2. The summed E-state index contributed by atoms with van der Waals surface area (Å²) in [6.07, 6.45) is 2.85. The summed E-state index contributed by atoms with van der Waals surface area (Å²) in [7, 11) is 0. The minimum Gasteiger partial charge on any atom is -0.313 e. The molecule has 0 saturated heterocycles. The molecule has 3 heteroatoms. The highest BCUT2D eigenvalue weighted by Gasteiger charge is 2.26. The number of hydrogen-bond donors (Lipinski definition) is 1. The van der Waals surface area contributed by atoms with Crippen LogP contribution in [0.5, 0.6) is 0 Å². The molecule has 0 aliphatic heterocycles. The van der Waals surface area contributed by atoms with Gasteiger partial charge in [0.25, 0.3) is 0 Å². The molecule has 0 heterocycles. The highest BCUT2D eigenvalue weighted by atomic mass is 35.5. The summed E-state index contributed by atoms with van der Waals surface area (Å²) in [6, 6.07) is 8.85. The number of thioether (sulfide) groups is 1. The smallest absolute Gasteiger partial charge is 0.0406 e. The standard InChI is InChI=1S/C14H20ClNS/c1-11(13-4-5-13)16-8-9-17-10-12-2-6-14(15)7-3-12/h2-3,6-7,11,13,16H,4-5,8-10H2,1H3. The lowest BCUT2D eigenvalue weighted by Gasteiger charge is -2.12. The molecular weight excluding hydrogens is 250 g/mol. The third-order valence-electron chi connectivity index (χ3n) is 3.22. The first kappa shape index (κ1) is 13.3. The predicted molar refractivity (Wildman–Crippen MR) is 77.8 cm³/mol. The largest absolute Gasteiger partial charge is 0.313 e. The molecule has 1 aliphatic carbocycles. The van der Waals surface area contributed by atoms with Crippen molar-refractivity contribution in [1.29, 1.82) is 0 Å². The van der Waals surface area contributed by atoms with Crippen molar-refractivity contribution in [3.63, 3.8) is 0 Å². The van der Waals surface area contributed by atoms with Crippen molar-refractivity contribution in [2.24, 2.45) is 5.92 Å². The van der Waals surface area contributed by atoms with E-state index in [9.17, 15) is 0 Å². The highest BCUT2D eigenvalue weighted by molar-refractivity contribution is 7.98. The summed E-state index contributed by atoms with van der Waals surface area (Å²) < 4.78 is 0. The monoisotopic (exact) mass is 269 g/mol. The second kappa shape index (κ2) is 6.67. The van der Waals surface area contributed by atoms with Crippen LogP contribution < -0.4 is 5.32 Å². The van der Waals surface area contributed by atoms with Crippen molar-refractivity contribution in [1.82, 2.24) is 5.32 Å². The highest BCUT2D eigenvalue weighted by Crippen LogP contribution is 2.32. The van der Waals surface area contributed by atoms with E-state index in [1.165, 1.54) is 24.2 Å². The maximum Gasteiger partial charge on any atom is 0.0406 e. The molecule has 0 amide bonds. The predicted octanol–water partition coefficient (Wildman–Crippen LogP) is 3.96. The Hall–Kier alpha value is -0.180. The third kappa shape index (κ3) is 4.90. The van der Waals surface area contributed by atoms with E-state index in [-0.39, 0.29) is 0 Å². The molecule has 1 aliphatic rings. The zero-order chi connectivity index (χ0) is 12.1. The minimum absolute atomic E-state index is 0.714. The number of hydrogen-bond acceptors (Lipinski definition) is 2. The lowest BCUT2D eigenvalue weighted by Crippen LogP contribution is -2.29. The maximum atomic E-state index is 5.85. The number of rotatable bonds is 7. The van der Waals surface area contributed by atoms with Gasteiger partial charge in [-0.05, 0) is 43.4 Å². The van der Waals surface area contributed by atoms with E-state index < -0.39 is 0 Å². The molecule has 1 atom stereocenters. The second-order valence-corrected chi connectivity index (χ2v) is 6.30. The van der Waals surface area contributed by atoms with E-state index in [2.05, 4.69) is 24.4 Å². The average Bonchev–Trinajstić information content (AvgIpc) is 3.15. The van der Waals surface area contributed by atoms with Gasteiger partial charge in [-0.2, -0.15) is 11.8 Å². The van der Waals surface area contributed by atoms with E-state index in [0.29, 0.717) is 6.04 Å². The van der Waals surface area contributed by atoms with Gasteiger partial charge in [0.05, 0.1) is 0 Å². The SMILES string of the molecule is CC(NCCSCc1ccc(Cl)cc1)C1CC1. The van der Waals surface area contributed by atoms with Crippen LogP contribution in [-0.2, 0) is 5.75 Å². The van der Waals surface area contributed by atoms with Crippen molar-refractivity contribution in [3.05, 3.63) is 34.9 Å². The molecule has 0 bridgehead atoms. The molecule has 1 nitrogen and oxygen atoms in total. The first-order chi connectivity index (χ1) is 8.25. The van der Waals surface area contributed by atoms with Gasteiger partial charge in [0.15, 0.2) is 0 Å². The summed E-state index contributed by atoms with van der Waals surface area (Å²) >= 11 is 7.83. The molecule has 0 aromatic heterocycles. The van der Waals surface area contributed by atoms with Gasteiger partial charge in [-0.15, -0.1) is 0 Å². The van der Waals surface area contributed by atoms with Crippen molar-refractivity contribution in [2.75, 3.05) is 12.3 Å². The minimum atomic E-state index is 0.714. The molecule has 1 fully saturated rings. The Morgan fingerprint density at radius 3 is 2.71 bits per heavy atom. The number of benzene rings is 1. The van der Waals surface area contributed by atoms with Gasteiger partial charge in [-0.25, -0.2) is 0 Å². The molecular formula is C14H20ClNS. The first-order valence-corrected chi connectivity index (χ1v) is 7.84. The van der Waals surface area contributed by atoms with Crippen LogP contribution in [0, 0.1) is 5.92 Å². The Bertz CT molecular complexity index is 335. The molecule has 1 N–H and O–H groups in total. The molecule has 1 aromatic carbocycles. The van der Waals surface area contributed by atoms with Crippen LogP contribution >= 0.6 is 23.4 Å². The Morgan fingerprint density at radius 1 is 1.35 bits per heavy atom. The Balaban J connectivity index is 1.55. The Labute approximate surface area is 113 Å². The maximum absolute atomic E-state index is 5.85. The van der Waals surface area contributed by atoms with E-state index >= 15 is 0 Å². The fourth-order valence-electron chi connectivity index (χ4n) is 1.89. The quantitative estimate of drug-likeness (QED) is 0.752. The van der Waals surface area contributed by atoms with Crippen LogP contribution in [0.2, 0.25) is 5.02 Å². The summed E-state index contributed by atoms with van der Waals surface area (Å²) in [5.74, 6) is 3.22. The van der Waals surface area contributed by atoms with Crippen LogP contribution in [0.4, 0.5) is 0 Å². The van der Waals surface area contributed by atoms with Crippen molar-refractivity contribution >= 4 is 23.4 Å². The van der Waals surface area contributed by atoms with Crippen LogP contribution in [0.1, 0.15) is 25.3 Å². The van der Waals surface area contributed by atoms with E-state index in [1.807, 2.05) is 23.9 Å². The van der Waals surface area contributed by atoms with Gasteiger partial charge in [0.1, 0.15) is 0 Å². The normalized spacial score (nSPS) is 17.1. The summed E-state index contributed by atoms with van der Waals surface area (Å²) in [6.45, 7) is 3.43. The summed E-state index contributed by atoms with van der Waals surface area (Å²) in [4.78, 5) is 0. The molecule has 17 heavy (non-hydrogen) atoms. The molecule has 1 unspecified atom stereocenters. The van der Waals surface area contributed by atoms with Gasteiger partial charge in [-0.1, -0.05) is 23.7 Å². The molecule has 1 saturated carbocycles. The van der Waals surface area contributed by atoms with Gasteiger partial charge in [-0.3, -0.25) is 0 Å². The Kier molecular flexibility index (Phi) is 5.20. The lowest BCUT2D eigenvalue weighted by molar-refractivity contribution is 0.514. The van der Waals surface area contributed by atoms with Crippen LogP contribution in [-0.4, -0.2) is 18.3 Å².